The zero-order valence-electron chi connectivity index (χ0n) is 15.9. The Kier molecular flexibility index (Phi) is 7.26. The minimum atomic E-state index is -0.842. The molecule has 1 amide bonds. The molecule has 1 aromatic carbocycles. The first-order chi connectivity index (χ1) is 11.9. The Morgan fingerprint density at radius 2 is 1.88 bits per heavy atom. The van der Waals surface area contributed by atoms with Crippen LogP contribution in [-0.2, 0) is 4.79 Å². The molecule has 1 heterocycles. The van der Waals surface area contributed by atoms with Crippen molar-refractivity contribution in [3.8, 4) is 0 Å². The summed E-state index contributed by atoms with van der Waals surface area (Å²) in [5.41, 5.74) is 0.429. The van der Waals surface area contributed by atoms with Gasteiger partial charge in [-0.25, -0.2) is 0 Å². The number of aliphatic hydroxyl groups is 1. The van der Waals surface area contributed by atoms with Crippen LogP contribution in [0.15, 0.2) is 30.3 Å². The van der Waals surface area contributed by atoms with E-state index >= 15 is 0 Å². The molecule has 2 N–H and O–H groups in total. The van der Waals surface area contributed by atoms with Gasteiger partial charge >= 0.3 is 0 Å². The fourth-order valence-corrected chi connectivity index (χ4v) is 3.11. The number of rotatable bonds is 8. The highest BCUT2D eigenvalue weighted by atomic mass is 16.3. The predicted molar refractivity (Wildman–Crippen MR) is 103 cm³/mol. The maximum atomic E-state index is 12.1. The SMILES string of the molecule is CCC(C)C(C)(O)CNC(=O)CCN1CCN(c2ccccc2)CC1. The van der Waals surface area contributed by atoms with Crippen molar-refractivity contribution in [1.29, 1.82) is 0 Å². The average molecular weight is 348 g/mol. The van der Waals surface area contributed by atoms with Crippen LogP contribution in [0.25, 0.3) is 0 Å². The lowest BCUT2D eigenvalue weighted by molar-refractivity contribution is -0.123. The van der Waals surface area contributed by atoms with Crippen LogP contribution < -0.4 is 10.2 Å². The molecule has 0 saturated carbocycles. The number of para-hydroxylation sites is 1. The molecule has 0 radical (unpaired) electrons. The third-order valence-corrected chi connectivity index (χ3v) is 5.47. The van der Waals surface area contributed by atoms with Crippen molar-refractivity contribution in [2.24, 2.45) is 5.92 Å². The van der Waals surface area contributed by atoms with Gasteiger partial charge in [-0.3, -0.25) is 9.69 Å². The van der Waals surface area contributed by atoms with E-state index in [9.17, 15) is 9.90 Å². The van der Waals surface area contributed by atoms with Crippen LogP contribution in [0.2, 0.25) is 0 Å². The highest BCUT2D eigenvalue weighted by Crippen LogP contribution is 2.19. The highest BCUT2D eigenvalue weighted by molar-refractivity contribution is 5.76. The van der Waals surface area contributed by atoms with Crippen LogP contribution in [0.4, 0.5) is 5.69 Å². The first-order valence-electron chi connectivity index (χ1n) is 9.44. The molecule has 5 nitrogen and oxygen atoms in total. The second-order valence-electron chi connectivity index (χ2n) is 7.36. The Bertz CT molecular complexity index is 525. The van der Waals surface area contributed by atoms with Gasteiger partial charge in [-0.2, -0.15) is 0 Å². The molecule has 2 atom stereocenters. The van der Waals surface area contributed by atoms with Gasteiger partial charge < -0.3 is 15.3 Å². The van der Waals surface area contributed by atoms with Gasteiger partial charge in [0.25, 0.3) is 0 Å². The number of amides is 1. The molecule has 2 unspecified atom stereocenters. The zero-order chi connectivity index (χ0) is 18.3. The minimum absolute atomic E-state index is 0.0223. The Morgan fingerprint density at radius 3 is 2.48 bits per heavy atom. The van der Waals surface area contributed by atoms with Crippen LogP contribution in [-0.4, -0.2) is 60.8 Å². The second kappa shape index (κ2) is 9.20. The third-order valence-electron chi connectivity index (χ3n) is 5.47. The van der Waals surface area contributed by atoms with Crippen LogP contribution in [0, 0.1) is 5.92 Å². The highest BCUT2D eigenvalue weighted by Gasteiger charge is 2.27. The fraction of sp³-hybridized carbons (Fsp3) is 0.650. The topological polar surface area (TPSA) is 55.8 Å². The molecule has 5 heteroatoms. The van der Waals surface area contributed by atoms with Crippen molar-refractivity contribution in [2.75, 3.05) is 44.2 Å². The number of carbonyl (C=O) groups is 1. The van der Waals surface area contributed by atoms with Gasteiger partial charge in [0.15, 0.2) is 0 Å². The van der Waals surface area contributed by atoms with Crippen molar-refractivity contribution in [2.45, 2.75) is 39.2 Å². The lowest BCUT2D eigenvalue weighted by Gasteiger charge is -2.36. The Labute approximate surface area is 152 Å². The van der Waals surface area contributed by atoms with Crippen molar-refractivity contribution in [3.63, 3.8) is 0 Å². The van der Waals surface area contributed by atoms with E-state index in [1.807, 2.05) is 13.0 Å². The summed E-state index contributed by atoms with van der Waals surface area (Å²) in [7, 11) is 0. The summed E-state index contributed by atoms with van der Waals surface area (Å²) in [6.45, 7) is 10.9. The van der Waals surface area contributed by atoms with E-state index in [0.717, 1.165) is 39.1 Å². The molecule has 1 saturated heterocycles. The smallest absolute Gasteiger partial charge is 0.221 e. The quantitative estimate of drug-likeness (QED) is 0.756. The Hall–Kier alpha value is -1.59. The van der Waals surface area contributed by atoms with Crippen LogP contribution in [0.1, 0.15) is 33.6 Å². The molecule has 0 bridgehead atoms. The molecule has 140 valence electrons. The van der Waals surface area contributed by atoms with Gasteiger partial charge in [-0.05, 0) is 25.0 Å². The monoisotopic (exact) mass is 347 g/mol. The summed E-state index contributed by atoms with van der Waals surface area (Å²) in [4.78, 5) is 16.8. The number of carbonyl (C=O) groups excluding carboxylic acids is 1. The van der Waals surface area contributed by atoms with Crippen LogP contribution in [0.3, 0.4) is 0 Å². The minimum Gasteiger partial charge on any atom is -0.388 e. The van der Waals surface area contributed by atoms with E-state index in [4.69, 9.17) is 0 Å². The molecule has 0 spiro atoms. The van der Waals surface area contributed by atoms with Crippen molar-refractivity contribution >= 4 is 11.6 Å². The maximum Gasteiger partial charge on any atom is 0.221 e. The molecular weight excluding hydrogens is 314 g/mol. The molecule has 0 aliphatic carbocycles. The largest absolute Gasteiger partial charge is 0.388 e. The third kappa shape index (κ3) is 6.01. The summed E-state index contributed by atoms with van der Waals surface area (Å²) >= 11 is 0. The number of hydrogen-bond donors (Lipinski definition) is 2. The molecule has 1 aliphatic rings. The number of nitrogens with zero attached hydrogens (tertiary/aromatic N) is 2. The average Bonchev–Trinajstić information content (AvgIpc) is 2.65. The lowest BCUT2D eigenvalue weighted by atomic mass is 9.88. The zero-order valence-corrected chi connectivity index (χ0v) is 15.9. The lowest BCUT2D eigenvalue weighted by Crippen LogP contribution is -2.48. The normalized spacial score (nSPS) is 19.3. The molecule has 1 aliphatic heterocycles. The molecule has 2 rings (SSSR count). The van der Waals surface area contributed by atoms with Gasteiger partial charge in [-0.15, -0.1) is 0 Å². The number of benzene rings is 1. The fourth-order valence-electron chi connectivity index (χ4n) is 3.11. The van der Waals surface area contributed by atoms with E-state index in [1.54, 1.807) is 6.92 Å². The Morgan fingerprint density at radius 1 is 1.24 bits per heavy atom. The summed E-state index contributed by atoms with van der Waals surface area (Å²) in [6.07, 6.45) is 1.39. The van der Waals surface area contributed by atoms with Crippen molar-refractivity contribution in [1.82, 2.24) is 10.2 Å². The first kappa shape index (κ1) is 19.7. The number of hydrogen-bond acceptors (Lipinski definition) is 4. The number of anilines is 1. The van der Waals surface area contributed by atoms with Gasteiger partial charge in [-0.1, -0.05) is 38.5 Å². The molecule has 25 heavy (non-hydrogen) atoms. The van der Waals surface area contributed by atoms with E-state index in [1.165, 1.54) is 5.69 Å². The van der Waals surface area contributed by atoms with Crippen LogP contribution in [0.5, 0.6) is 0 Å². The Balaban J connectivity index is 1.66. The summed E-state index contributed by atoms with van der Waals surface area (Å²) in [5, 5.41) is 13.2. The van der Waals surface area contributed by atoms with E-state index in [0.29, 0.717) is 13.0 Å². The van der Waals surface area contributed by atoms with E-state index < -0.39 is 5.60 Å². The van der Waals surface area contributed by atoms with Crippen molar-refractivity contribution in [3.05, 3.63) is 30.3 Å². The maximum absolute atomic E-state index is 12.1. The second-order valence-corrected chi connectivity index (χ2v) is 7.36. The van der Waals surface area contributed by atoms with Gasteiger partial charge in [0.05, 0.1) is 5.60 Å². The summed E-state index contributed by atoms with van der Waals surface area (Å²) in [5.74, 6) is 0.188. The molecule has 0 aromatic heterocycles. The number of nitrogens with one attached hydrogen (secondary N) is 1. The summed E-state index contributed by atoms with van der Waals surface area (Å²) in [6, 6.07) is 10.5. The molecule has 1 fully saturated rings. The van der Waals surface area contributed by atoms with E-state index in [-0.39, 0.29) is 11.8 Å². The first-order valence-corrected chi connectivity index (χ1v) is 9.44. The summed E-state index contributed by atoms with van der Waals surface area (Å²) < 4.78 is 0. The van der Waals surface area contributed by atoms with Gasteiger partial charge in [0.2, 0.25) is 5.91 Å². The predicted octanol–water partition coefficient (Wildman–Crippen LogP) is 2.11. The van der Waals surface area contributed by atoms with E-state index in [2.05, 4.69) is 46.3 Å². The van der Waals surface area contributed by atoms with Crippen LogP contribution >= 0.6 is 0 Å². The molecule has 1 aromatic rings. The van der Waals surface area contributed by atoms with Crippen molar-refractivity contribution < 1.29 is 9.90 Å². The standard InChI is InChI=1S/C20H33N3O2/c1-4-17(2)20(3,25)16-21-19(24)10-11-22-12-14-23(15-13-22)18-8-6-5-7-9-18/h5-9,17,25H,4,10-16H2,1-3H3,(H,21,24). The number of piperazine rings is 1. The van der Waals surface area contributed by atoms with Gasteiger partial charge in [0.1, 0.15) is 0 Å². The van der Waals surface area contributed by atoms with Gasteiger partial charge in [0, 0.05) is 51.4 Å². The molecular formula is C20H33N3O2.